The van der Waals surface area contributed by atoms with Gasteiger partial charge in [-0.25, -0.2) is 14.3 Å². The molecule has 72 valence electrons. The van der Waals surface area contributed by atoms with E-state index in [9.17, 15) is 4.79 Å². The Kier molecular flexibility index (Phi) is 6.23. The molecular weight excluding hydrogens is 168 g/mol. The van der Waals surface area contributed by atoms with Crippen molar-refractivity contribution in [3.8, 4) is 0 Å². The van der Waals surface area contributed by atoms with E-state index >= 15 is 0 Å². The minimum atomic E-state index is -0.389. The second kappa shape index (κ2) is 7.09. The lowest BCUT2D eigenvalue weighted by atomic mass is 10.8. The Morgan fingerprint density at radius 1 is 1.77 bits per heavy atom. The predicted molar refractivity (Wildman–Crippen MR) is 50.5 cm³/mol. The normalized spacial score (nSPS) is 8.15. The second-order valence-electron chi connectivity index (χ2n) is 2.08. The number of hydrogen-bond donors (Lipinski definition) is 0. The number of carbonyl (C=O) groups excluding carboxylic acids is 1. The van der Waals surface area contributed by atoms with Crippen LogP contribution in [0.15, 0.2) is 31.4 Å². The van der Waals surface area contributed by atoms with E-state index in [0.717, 1.165) is 0 Å². The Morgan fingerprint density at radius 2 is 2.38 bits per heavy atom. The summed E-state index contributed by atoms with van der Waals surface area (Å²) in [5, 5.41) is 0. The summed E-state index contributed by atoms with van der Waals surface area (Å²) in [6.45, 7) is 7.39. The summed E-state index contributed by atoms with van der Waals surface area (Å²) in [6.07, 6.45) is 5.83. The number of allylic oxidation sites excluding steroid dienone is 1. The van der Waals surface area contributed by atoms with Crippen LogP contribution in [0.3, 0.4) is 0 Å². The lowest BCUT2D eigenvalue weighted by molar-refractivity contribution is 0.154. The molecule has 0 radical (unpaired) electrons. The molecule has 1 heterocycles. The van der Waals surface area contributed by atoms with Crippen LogP contribution in [-0.2, 0) is 4.74 Å². The first-order chi connectivity index (χ1) is 6.26. The van der Waals surface area contributed by atoms with Gasteiger partial charge >= 0.3 is 6.09 Å². The molecule has 0 atom stereocenters. The van der Waals surface area contributed by atoms with Gasteiger partial charge in [-0.1, -0.05) is 6.08 Å². The number of carbonyl (C=O) groups is 1. The number of hydrogen-bond acceptors (Lipinski definition) is 3. The van der Waals surface area contributed by atoms with Crippen molar-refractivity contribution in [2.24, 2.45) is 0 Å². The summed E-state index contributed by atoms with van der Waals surface area (Å²) in [7, 11) is 0. The zero-order valence-electron chi connectivity index (χ0n) is 7.93. The first-order valence-electron chi connectivity index (χ1n) is 3.98. The van der Waals surface area contributed by atoms with Crippen molar-refractivity contribution >= 4 is 6.09 Å². The number of rotatable bonds is 1. The zero-order chi connectivity index (χ0) is 10.1. The third-order valence-electron chi connectivity index (χ3n) is 0.983. The van der Waals surface area contributed by atoms with Crippen LogP contribution in [0.25, 0.3) is 0 Å². The largest absolute Gasteiger partial charge is 0.449 e. The molecule has 1 rings (SSSR count). The molecule has 0 aromatic carbocycles. The molecule has 0 saturated carbocycles. The van der Waals surface area contributed by atoms with Crippen LogP contribution in [0.5, 0.6) is 0 Å². The maximum atomic E-state index is 10.8. The number of nitrogens with zero attached hydrogens (tertiary/aromatic N) is 2. The fourth-order valence-corrected chi connectivity index (χ4v) is 0.565. The van der Waals surface area contributed by atoms with Crippen molar-refractivity contribution < 1.29 is 9.53 Å². The second-order valence-corrected chi connectivity index (χ2v) is 2.08. The van der Waals surface area contributed by atoms with Crippen molar-refractivity contribution in [3.05, 3.63) is 31.4 Å². The van der Waals surface area contributed by atoms with Crippen LogP contribution in [0, 0.1) is 0 Å². The lowest BCUT2D eigenvalue weighted by Crippen LogP contribution is -2.10. The van der Waals surface area contributed by atoms with E-state index in [1.807, 2.05) is 6.92 Å². The summed E-state index contributed by atoms with van der Waals surface area (Å²) >= 11 is 0. The zero-order valence-corrected chi connectivity index (χ0v) is 7.93. The van der Waals surface area contributed by atoms with Gasteiger partial charge in [0.05, 0.1) is 6.61 Å². The fourth-order valence-electron chi connectivity index (χ4n) is 0.565. The Balaban J connectivity index is 0.000000424. The molecule has 0 aliphatic heterocycles. The van der Waals surface area contributed by atoms with Crippen molar-refractivity contribution in [2.75, 3.05) is 6.61 Å². The summed E-state index contributed by atoms with van der Waals surface area (Å²) in [4.78, 5) is 14.5. The van der Waals surface area contributed by atoms with Gasteiger partial charge in [0.15, 0.2) is 0 Å². The van der Waals surface area contributed by atoms with Crippen molar-refractivity contribution in [3.63, 3.8) is 0 Å². The van der Waals surface area contributed by atoms with E-state index in [-0.39, 0.29) is 6.09 Å². The highest BCUT2D eigenvalue weighted by Gasteiger charge is 2.00. The maximum absolute atomic E-state index is 10.8. The van der Waals surface area contributed by atoms with Gasteiger partial charge in [0.1, 0.15) is 6.33 Å². The third-order valence-corrected chi connectivity index (χ3v) is 0.983. The number of aromatic nitrogens is 2. The molecule has 1 aromatic rings. The molecule has 0 aliphatic carbocycles. The van der Waals surface area contributed by atoms with E-state index in [1.54, 1.807) is 13.0 Å². The van der Waals surface area contributed by atoms with E-state index in [2.05, 4.69) is 16.3 Å². The molecule has 0 bridgehead atoms. The van der Waals surface area contributed by atoms with E-state index in [1.165, 1.54) is 23.3 Å². The molecule has 0 fully saturated rings. The van der Waals surface area contributed by atoms with E-state index in [0.29, 0.717) is 6.61 Å². The molecule has 4 nitrogen and oxygen atoms in total. The molecule has 13 heavy (non-hydrogen) atoms. The van der Waals surface area contributed by atoms with Crippen molar-refractivity contribution in [1.82, 2.24) is 9.55 Å². The minimum absolute atomic E-state index is 0.386. The van der Waals surface area contributed by atoms with Gasteiger partial charge in [-0.05, 0) is 13.8 Å². The Bertz CT molecular complexity index is 242. The molecule has 0 amide bonds. The highest BCUT2D eigenvalue weighted by atomic mass is 16.5. The Morgan fingerprint density at radius 3 is 2.77 bits per heavy atom. The van der Waals surface area contributed by atoms with Gasteiger partial charge in [0.2, 0.25) is 0 Å². The van der Waals surface area contributed by atoms with Crippen LogP contribution in [0.1, 0.15) is 13.8 Å². The average molecular weight is 182 g/mol. The molecule has 0 spiro atoms. The summed E-state index contributed by atoms with van der Waals surface area (Å²) in [5.41, 5.74) is 0. The van der Waals surface area contributed by atoms with Gasteiger partial charge in [0, 0.05) is 12.4 Å². The molecule has 0 unspecified atom stereocenters. The standard InChI is InChI=1S/C6H8N2O2.C3H6/c1-2-10-6(9)8-4-3-7-5-8;1-3-2/h3-5H,2H2,1H3;3H,1H2,2H3. The molecule has 1 aromatic heterocycles. The summed E-state index contributed by atoms with van der Waals surface area (Å²) in [6, 6.07) is 0. The summed E-state index contributed by atoms with van der Waals surface area (Å²) in [5.74, 6) is 0. The maximum Gasteiger partial charge on any atom is 0.419 e. The SMILES string of the molecule is C=CC.CCOC(=O)n1ccnc1. The third kappa shape index (κ3) is 4.79. The van der Waals surface area contributed by atoms with E-state index < -0.39 is 0 Å². The van der Waals surface area contributed by atoms with Crippen LogP contribution >= 0.6 is 0 Å². The fraction of sp³-hybridized carbons (Fsp3) is 0.333. The van der Waals surface area contributed by atoms with Gasteiger partial charge in [0.25, 0.3) is 0 Å². The van der Waals surface area contributed by atoms with Crippen LogP contribution < -0.4 is 0 Å². The lowest BCUT2D eigenvalue weighted by Gasteiger charge is -1.98. The monoisotopic (exact) mass is 182 g/mol. The summed E-state index contributed by atoms with van der Waals surface area (Å²) < 4.78 is 5.95. The molecule has 4 heteroatoms. The highest BCUT2D eigenvalue weighted by Crippen LogP contribution is 1.88. The average Bonchev–Trinajstić information content (AvgIpc) is 2.58. The van der Waals surface area contributed by atoms with Crippen molar-refractivity contribution in [2.45, 2.75) is 13.8 Å². The quantitative estimate of drug-likeness (QED) is 0.624. The van der Waals surface area contributed by atoms with Gasteiger partial charge in [-0.3, -0.25) is 0 Å². The minimum Gasteiger partial charge on any atom is -0.449 e. The van der Waals surface area contributed by atoms with E-state index in [4.69, 9.17) is 0 Å². The van der Waals surface area contributed by atoms with Gasteiger partial charge in [-0.15, -0.1) is 6.58 Å². The first kappa shape index (κ1) is 11.4. The highest BCUT2D eigenvalue weighted by molar-refractivity contribution is 5.69. The van der Waals surface area contributed by atoms with Gasteiger partial charge in [-0.2, -0.15) is 0 Å². The molecule has 0 saturated heterocycles. The Hall–Kier alpha value is -1.58. The molecule has 0 N–H and O–H groups in total. The van der Waals surface area contributed by atoms with Gasteiger partial charge < -0.3 is 4.74 Å². The smallest absolute Gasteiger partial charge is 0.419 e. The number of ether oxygens (including phenoxy) is 1. The number of imidazole rings is 1. The topological polar surface area (TPSA) is 44.1 Å². The Labute approximate surface area is 77.9 Å². The van der Waals surface area contributed by atoms with Crippen molar-refractivity contribution in [1.29, 1.82) is 0 Å². The van der Waals surface area contributed by atoms with Crippen LogP contribution in [0.2, 0.25) is 0 Å². The predicted octanol–water partition coefficient (Wildman–Crippen LogP) is 2.08. The van der Waals surface area contributed by atoms with Crippen LogP contribution in [-0.4, -0.2) is 22.3 Å². The first-order valence-corrected chi connectivity index (χ1v) is 3.98. The molecule has 0 aliphatic rings. The molecular formula is C9H14N2O2. The van der Waals surface area contributed by atoms with Crippen LogP contribution in [0.4, 0.5) is 4.79 Å².